The summed E-state index contributed by atoms with van der Waals surface area (Å²) in [6, 6.07) is 19.5. The normalized spacial score (nSPS) is 14.3. The van der Waals surface area contributed by atoms with Crippen molar-refractivity contribution < 1.29 is 28.7 Å². The van der Waals surface area contributed by atoms with Crippen molar-refractivity contribution in [2.24, 2.45) is 0 Å². The quantitative estimate of drug-likeness (QED) is 0.365. The lowest BCUT2D eigenvalue weighted by molar-refractivity contribution is -0.135. The van der Waals surface area contributed by atoms with Crippen molar-refractivity contribution in [1.29, 1.82) is 0 Å². The van der Waals surface area contributed by atoms with Crippen molar-refractivity contribution in [2.45, 2.75) is 26.4 Å². The largest absolute Gasteiger partial charge is 0.493 e. The molecule has 2 heterocycles. The topological polar surface area (TPSA) is 93.2 Å². The predicted octanol–water partition coefficient (Wildman–Crippen LogP) is 3.62. The summed E-state index contributed by atoms with van der Waals surface area (Å²) in [6.45, 7) is 2.75. The van der Waals surface area contributed by atoms with Crippen LogP contribution in [0.2, 0.25) is 0 Å². The van der Waals surface area contributed by atoms with Crippen molar-refractivity contribution in [1.82, 2.24) is 9.80 Å². The maximum atomic E-state index is 13.0. The number of esters is 1. The second kappa shape index (κ2) is 10.3. The zero-order valence-electron chi connectivity index (χ0n) is 20.4. The first-order chi connectivity index (χ1) is 18.0. The third-order valence-corrected chi connectivity index (χ3v) is 6.59. The number of benzene rings is 3. The van der Waals surface area contributed by atoms with Crippen LogP contribution in [0.5, 0.6) is 5.75 Å². The molecule has 0 spiro atoms. The van der Waals surface area contributed by atoms with E-state index in [4.69, 9.17) is 9.47 Å². The highest BCUT2D eigenvalue weighted by molar-refractivity contribution is 6.21. The number of nitrogens with zero attached hydrogens (tertiary/aromatic N) is 2. The first-order valence-electron chi connectivity index (χ1n) is 12.2. The van der Waals surface area contributed by atoms with E-state index in [2.05, 4.69) is 6.07 Å². The molecule has 0 unspecified atom stereocenters. The second-order valence-electron chi connectivity index (χ2n) is 8.92. The number of fused-ring (bicyclic) bond motifs is 2. The van der Waals surface area contributed by atoms with Gasteiger partial charge in [-0.25, -0.2) is 4.79 Å². The molecule has 0 N–H and O–H groups in total. The summed E-state index contributed by atoms with van der Waals surface area (Å²) < 4.78 is 11.0. The summed E-state index contributed by atoms with van der Waals surface area (Å²) in [5, 5.41) is 0. The number of imide groups is 1. The highest BCUT2D eigenvalue weighted by Crippen LogP contribution is 2.27. The van der Waals surface area contributed by atoms with Crippen molar-refractivity contribution in [3.63, 3.8) is 0 Å². The van der Waals surface area contributed by atoms with Gasteiger partial charge in [0.15, 0.2) is 6.61 Å². The van der Waals surface area contributed by atoms with Gasteiger partial charge in [-0.1, -0.05) is 42.5 Å². The molecule has 3 aromatic rings. The molecule has 0 radical (unpaired) electrons. The van der Waals surface area contributed by atoms with Gasteiger partial charge in [0.2, 0.25) is 0 Å². The van der Waals surface area contributed by atoms with Crippen LogP contribution < -0.4 is 4.74 Å². The summed E-state index contributed by atoms with van der Waals surface area (Å²) in [4.78, 5) is 54.1. The molecular weight excluding hydrogens is 472 g/mol. The molecule has 3 aromatic carbocycles. The van der Waals surface area contributed by atoms with Crippen LogP contribution in [0.15, 0.2) is 66.7 Å². The Labute approximate surface area is 214 Å². The fraction of sp³-hybridized carbons (Fsp3) is 0.241. The van der Waals surface area contributed by atoms with Crippen LogP contribution in [0.4, 0.5) is 0 Å². The van der Waals surface area contributed by atoms with Crippen LogP contribution in [-0.2, 0) is 29.0 Å². The van der Waals surface area contributed by atoms with Gasteiger partial charge >= 0.3 is 5.97 Å². The van der Waals surface area contributed by atoms with Crippen LogP contribution >= 0.6 is 0 Å². The Balaban J connectivity index is 1.28. The Bertz CT molecular complexity index is 1360. The Kier molecular flexibility index (Phi) is 6.72. The smallest absolute Gasteiger partial charge is 0.342 e. The van der Waals surface area contributed by atoms with Gasteiger partial charge in [-0.05, 0) is 54.3 Å². The number of carbonyl (C=O) groups excluding carboxylic acids is 4. The first-order valence-corrected chi connectivity index (χ1v) is 12.2. The van der Waals surface area contributed by atoms with Crippen molar-refractivity contribution in [2.75, 3.05) is 19.8 Å². The zero-order valence-corrected chi connectivity index (χ0v) is 20.4. The minimum atomic E-state index is -0.710. The Morgan fingerprint density at radius 1 is 0.892 bits per heavy atom. The number of carbonyl (C=O) groups is 4. The van der Waals surface area contributed by atoms with E-state index < -0.39 is 12.6 Å². The molecule has 0 fully saturated rings. The average Bonchev–Trinajstić information content (AvgIpc) is 3.17. The van der Waals surface area contributed by atoms with Crippen LogP contribution in [0.25, 0.3) is 0 Å². The molecule has 8 heteroatoms. The van der Waals surface area contributed by atoms with Gasteiger partial charge in [0.25, 0.3) is 17.7 Å². The lowest BCUT2D eigenvalue weighted by atomic mass is 10.00. The number of rotatable bonds is 7. The zero-order chi connectivity index (χ0) is 25.9. The lowest BCUT2D eigenvalue weighted by Gasteiger charge is -2.28. The van der Waals surface area contributed by atoms with Crippen molar-refractivity contribution in [3.8, 4) is 5.75 Å². The molecule has 0 atom stereocenters. The number of hydrogen-bond donors (Lipinski definition) is 0. The maximum absolute atomic E-state index is 13.0. The van der Waals surface area contributed by atoms with E-state index in [1.54, 1.807) is 54.3 Å². The summed E-state index contributed by atoms with van der Waals surface area (Å²) in [6.07, 6.45) is 0.754. The van der Waals surface area contributed by atoms with Gasteiger partial charge in [-0.3, -0.25) is 19.3 Å². The minimum absolute atomic E-state index is 0.00878. The predicted molar refractivity (Wildman–Crippen MR) is 134 cm³/mol. The first kappa shape index (κ1) is 24.2. The molecule has 37 heavy (non-hydrogen) atoms. The number of hydrogen-bond acceptors (Lipinski definition) is 6. The van der Waals surface area contributed by atoms with Gasteiger partial charge < -0.3 is 14.4 Å². The average molecular weight is 499 g/mol. The van der Waals surface area contributed by atoms with Gasteiger partial charge in [-0.2, -0.15) is 0 Å². The molecule has 0 aromatic heterocycles. The molecule has 5 rings (SSSR count). The van der Waals surface area contributed by atoms with E-state index in [9.17, 15) is 19.2 Å². The third kappa shape index (κ3) is 4.82. The fourth-order valence-corrected chi connectivity index (χ4v) is 4.69. The summed E-state index contributed by atoms with van der Waals surface area (Å²) in [5.74, 6) is -1.45. The van der Waals surface area contributed by atoms with Gasteiger partial charge in [0.1, 0.15) is 11.3 Å². The van der Waals surface area contributed by atoms with E-state index in [1.807, 2.05) is 18.2 Å². The number of amides is 3. The Morgan fingerprint density at radius 3 is 2.27 bits per heavy atom. The van der Waals surface area contributed by atoms with Crippen LogP contribution in [-0.4, -0.2) is 53.2 Å². The molecule has 0 bridgehead atoms. The van der Waals surface area contributed by atoms with Gasteiger partial charge in [0, 0.05) is 13.1 Å². The van der Waals surface area contributed by atoms with E-state index in [0.29, 0.717) is 42.1 Å². The highest BCUT2D eigenvalue weighted by atomic mass is 16.5. The van der Waals surface area contributed by atoms with Crippen molar-refractivity contribution >= 4 is 23.7 Å². The summed E-state index contributed by atoms with van der Waals surface area (Å²) in [5.41, 5.74) is 3.72. The highest BCUT2D eigenvalue weighted by Gasteiger charge is 2.35. The van der Waals surface area contributed by atoms with Crippen LogP contribution in [0.3, 0.4) is 0 Å². The van der Waals surface area contributed by atoms with Crippen molar-refractivity contribution in [3.05, 3.63) is 100 Å². The van der Waals surface area contributed by atoms with E-state index in [1.165, 1.54) is 5.56 Å². The van der Waals surface area contributed by atoms with Crippen LogP contribution in [0, 0.1) is 0 Å². The Morgan fingerprint density at radius 2 is 1.57 bits per heavy atom. The van der Waals surface area contributed by atoms with E-state index >= 15 is 0 Å². The molecule has 0 saturated heterocycles. The molecule has 3 amide bonds. The minimum Gasteiger partial charge on any atom is -0.493 e. The van der Waals surface area contributed by atoms with Crippen LogP contribution in [0.1, 0.15) is 54.7 Å². The van der Waals surface area contributed by atoms with E-state index in [-0.39, 0.29) is 29.8 Å². The fourth-order valence-electron chi connectivity index (χ4n) is 4.69. The number of ether oxygens (including phenoxy) is 2. The molecule has 0 saturated carbocycles. The molecule has 2 aliphatic heterocycles. The Hall–Kier alpha value is -4.46. The molecule has 188 valence electrons. The summed E-state index contributed by atoms with van der Waals surface area (Å²) in [7, 11) is 0. The lowest BCUT2D eigenvalue weighted by Crippen LogP contribution is -2.38. The van der Waals surface area contributed by atoms with E-state index in [0.717, 1.165) is 16.9 Å². The SMILES string of the molecule is CCOc1ccc(CN2C(=O)c3ccccc3C2=O)cc1C(=O)OCC(=O)N1CCc2ccccc2C1. The molecular formula is C29H26N2O6. The molecule has 8 nitrogen and oxygen atoms in total. The summed E-state index contributed by atoms with van der Waals surface area (Å²) >= 11 is 0. The second-order valence-corrected chi connectivity index (χ2v) is 8.92. The van der Waals surface area contributed by atoms with Gasteiger partial charge in [-0.15, -0.1) is 0 Å². The molecule has 2 aliphatic rings. The third-order valence-electron chi connectivity index (χ3n) is 6.59. The maximum Gasteiger partial charge on any atom is 0.342 e. The molecule has 0 aliphatic carbocycles. The standard InChI is InChI=1S/C29H26N2O6/c1-2-36-25-12-11-19(16-31-27(33)22-9-5-6-10-23(22)28(31)34)15-24(25)29(35)37-18-26(32)30-14-13-20-7-3-4-8-21(20)17-30/h3-12,15H,2,13-14,16-18H2,1H3. The van der Waals surface area contributed by atoms with Gasteiger partial charge in [0.05, 0.1) is 24.3 Å². The monoisotopic (exact) mass is 498 g/mol.